The Morgan fingerprint density at radius 3 is 2.38 bits per heavy atom. The second-order valence-corrected chi connectivity index (χ2v) is 6.07. The van der Waals surface area contributed by atoms with Gasteiger partial charge in [-0.05, 0) is 31.0 Å². The van der Waals surface area contributed by atoms with Crippen molar-refractivity contribution in [3.05, 3.63) is 30.3 Å². The third-order valence-corrected chi connectivity index (χ3v) is 4.43. The highest BCUT2D eigenvalue weighted by atomic mass is 28.3. The first-order valence-corrected chi connectivity index (χ1v) is 7.47. The largest absolute Gasteiger partial charge is 0.400 e. The second-order valence-electron chi connectivity index (χ2n) is 3.69. The molecule has 0 saturated carbocycles. The number of hydrogen-bond donors (Lipinski definition) is 1. The van der Waals surface area contributed by atoms with E-state index >= 15 is 0 Å². The predicted molar refractivity (Wildman–Crippen MR) is 70.1 cm³/mol. The van der Waals surface area contributed by atoms with Crippen LogP contribution in [0, 0.1) is 0 Å². The molecule has 0 aromatic heterocycles. The van der Waals surface area contributed by atoms with Crippen LogP contribution in [0.25, 0.3) is 0 Å². The average molecular weight is 239 g/mol. The monoisotopic (exact) mass is 239 g/mol. The van der Waals surface area contributed by atoms with E-state index < -0.39 is 9.28 Å². The van der Waals surface area contributed by atoms with Crippen molar-refractivity contribution in [1.82, 2.24) is 0 Å². The summed E-state index contributed by atoms with van der Waals surface area (Å²) >= 11 is 0. The Bertz CT molecular complexity index is 265. The molecule has 0 fully saturated rings. The fourth-order valence-corrected chi connectivity index (χ4v) is 2.84. The molecule has 90 valence electrons. The van der Waals surface area contributed by atoms with Crippen LogP contribution in [0.1, 0.15) is 12.8 Å². The highest BCUT2D eigenvalue weighted by Crippen LogP contribution is 2.07. The zero-order valence-electron chi connectivity index (χ0n) is 10.1. The number of anilines is 1. The van der Waals surface area contributed by atoms with E-state index in [-0.39, 0.29) is 0 Å². The zero-order chi connectivity index (χ0) is 11.6. The van der Waals surface area contributed by atoms with E-state index in [1.165, 1.54) is 12.1 Å². The predicted octanol–water partition coefficient (Wildman–Crippen LogP) is 2.39. The molecule has 0 saturated heterocycles. The molecule has 0 bridgehead atoms. The molecule has 0 aliphatic carbocycles. The minimum absolute atomic E-state index is 1.01. The lowest BCUT2D eigenvalue weighted by atomic mass is 10.3. The van der Waals surface area contributed by atoms with E-state index in [1.807, 2.05) is 18.2 Å². The average Bonchev–Trinajstić information content (AvgIpc) is 2.35. The third-order valence-electron chi connectivity index (χ3n) is 2.50. The summed E-state index contributed by atoms with van der Waals surface area (Å²) in [6.07, 6.45) is 2.32. The summed E-state index contributed by atoms with van der Waals surface area (Å²) in [6, 6.07) is 11.4. The van der Waals surface area contributed by atoms with Gasteiger partial charge in [0.05, 0.1) is 0 Å². The van der Waals surface area contributed by atoms with Gasteiger partial charge < -0.3 is 14.2 Å². The summed E-state index contributed by atoms with van der Waals surface area (Å²) in [4.78, 5) is 0. The van der Waals surface area contributed by atoms with Gasteiger partial charge in [-0.25, -0.2) is 0 Å². The summed E-state index contributed by atoms with van der Waals surface area (Å²) in [6.45, 7) is 1.01. The lowest BCUT2D eigenvalue weighted by Gasteiger charge is -2.10. The third kappa shape index (κ3) is 5.30. The van der Waals surface area contributed by atoms with Gasteiger partial charge in [0, 0.05) is 26.5 Å². The number of para-hydroxylation sites is 1. The molecule has 1 aromatic rings. The molecule has 0 unspecified atom stereocenters. The van der Waals surface area contributed by atoms with Crippen molar-refractivity contribution in [2.75, 3.05) is 26.1 Å². The fourth-order valence-electron chi connectivity index (χ4n) is 1.56. The number of rotatable bonds is 8. The quantitative estimate of drug-likeness (QED) is 0.558. The van der Waals surface area contributed by atoms with Crippen LogP contribution in [0.5, 0.6) is 0 Å². The SMILES string of the molecule is CO[SiH](CCCCNc1ccccc1)OC. The normalized spacial score (nSPS) is 10.7. The second kappa shape index (κ2) is 8.33. The van der Waals surface area contributed by atoms with Crippen molar-refractivity contribution >= 4 is 15.0 Å². The van der Waals surface area contributed by atoms with Gasteiger partial charge in [-0.2, -0.15) is 0 Å². The van der Waals surface area contributed by atoms with Gasteiger partial charge in [0.1, 0.15) is 0 Å². The Morgan fingerprint density at radius 2 is 1.75 bits per heavy atom. The van der Waals surface area contributed by atoms with Crippen LogP contribution < -0.4 is 5.32 Å². The molecule has 1 N–H and O–H groups in total. The van der Waals surface area contributed by atoms with Crippen molar-refractivity contribution in [1.29, 1.82) is 0 Å². The van der Waals surface area contributed by atoms with Gasteiger partial charge in [-0.3, -0.25) is 0 Å². The van der Waals surface area contributed by atoms with Gasteiger partial charge in [-0.15, -0.1) is 0 Å². The number of hydrogen-bond acceptors (Lipinski definition) is 3. The van der Waals surface area contributed by atoms with E-state index in [0.717, 1.165) is 19.0 Å². The van der Waals surface area contributed by atoms with Crippen LogP contribution in [-0.2, 0) is 8.85 Å². The molecule has 0 spiro atoms. The molecule has 0 amide bonds. The Morgan fingerprint density at radius 1 is 1.06 bits per heavy atom. The van der Waals surface area contributed by atoms with Crippen LogP contribution in [-0.4, -0.2) is 30.0 Å². The Kier molecular flexibility index (Phi) is 6.88. The zero-order valence-corrected chi connectivity index (χ0v) is 11.3. The number of benzene rings is 1. The standard InChI is InChI=1S/C12H21NO2Si/c1-14-16(15-2)11-7-6-10-13-12-8-4-3-5-9-12/h3-5,8-9,13,16H,6-7,10-11H2,1-2H3. The lowest BCUT2D eigenvalue weighted by Crippen LogP contribution is -2.18. The first kappa shape index (κ1) is 13.2. The molecule has 16 heavy (non-hydrogen) atoms. The molecule has 0 heterocycles. The Balaban J connectivity index is 2.04. The van der Waals surface area contributed by atoms with E-state index in [9.17, 15) is 0 Å². The number of unbranched alkanes of at least 4 members (excludes halogenated alkanes) is 1. The van der Waals surface area contributed by atoms with Crippen molar-refractivity contribution in [3.8, 4) is 0 Å². The minimum atomic E-state index is -1.34. The minimum Gasteiger partial charge on any atom is -0.400 e. The molecule has 1 rings (SSSR count). The molecule has 0 radical (unpaired) electrons. The van der Waals surface area contributed by atoms with Crippen molar-refractivity contribution in [2.45, 2.75) is 18.9 Å². The van der Waals surface area contributed by atoms with Gasteiger partial charge >= 0.3 is 9.28 Å². The summed E-state index contributed by atoms with van der Waals surface area (Å²) in [5.41, 5.74) is 1.19. The van der Waals surface area contributed by atoms with Crippen LogP contribution in [0.4, 0.5) is 5.69 Å². The Hall–Kier alpha value is -0.843. The maximum atomic E-state index is 5.26. The maximum absolute atomic E-state index is 5.26. The molecule has 3 nitrogen and oxygen atoms in total. The van der Waals surface area contributed by atoms with E-state index in [4.69, 9.17) is 8.85 Å². The van der Waals surface area contributed by atoms with Gasteiger partial charge in [0.25, 0.3) is 0 Å². The molecule has 4 heteroatoms. The molecule has 0 atom stereocenters. The molecular weight excluding hydrogens is 218 g/mol. The van der Waals surface area contributed by atoms with E-state index in [1.54, 1.807) is 14.2 Å². The molecule has 1 aromatic carbocycles. The molecular formula is C12H21NO2Si. The molecule has 0 aliphatic heterocycles. The van der Waals surface area contributed by atoms with Crippen molar-refractivity contribution in [2.24, 2.45) is 0 Å². The lowest BCUT2D eigenvalue weighted by molar-refractivity contribution is 0.276. The van der Waals surface area contributed by atoms with Crippen LogP contribution >= 0.6 is 0 Å². The first-order chi connectivity index (χ1) is 7.86. The molecule has 0 aliphatic rings. The van der Waals surface area contributed by atoms with Gasteiger partial charge in [0.2, 0.25) is 0 Å². The summed E-state index contributed by atoms with van der Waals surface area (Å²) in [5.74, 6) is 0. The van der Waals surface area contributed by atoms with Crippen molar-refractivity contribution < 1.29 is 8.85 Å². The van der Waals surface area contributed by atoms with Crippen LogP contribution in [0.3, 0.4) is 0 Å². The Labute approximate surface area is 99.6 Å². The smallest absolute Gasteiger partial charge is 0.320 e. The van der Waals surface area contributed by atoms with Crippen molar-refractivity contribution in [3.63, 3.8) is 0 Å². The maximum Gasteiger partial charge on any atom is 0.320 e. The summed E-state index contributed by atoms with van der Waals surface area (Å²) in [5, 5.41) is 3.39. The topological polar surface area (TPSA) is 30.5 Å². The van der Waals surface area contributed by atoms with Gasteiger partial charge in [0.15, 0.2) is 0 Å². The fraction of sp³-hybridized carbons (Fsp3) is 0.500. The first-order valence-electron chi connectivity index (χ1n) is 5.71. The van der Waals surface area contributed by atoms with E-state index in [2.05, 4.69) is 17.4 Å². The summed E-state index contributed by atoms with van der Waals surface area (Å²) < 4.78 is 10.5. The van der Waals surface area contributed by atoms with Gasteiger partial charge in [-0.1, -0.05) is 18.2 Å². The highest BCUT2D eigenvalue weighted by Gasteiger charge is 2.07. The number of nitrogens with one attached hydrogen (secondary N) is 1. The van der Waals surface area contributed by atoms with Crippen LogP contribution in [0.15, 0.2) is 30.3 Å². The van der Waals surface area contributed by atoms with Crippen LogP contribution in [0.2, 0.25) is 6.04 Å². The highest BCUT2D eigenvalue weighted by molar-refractivity contribution is 6.44. The van der Waals surface area contributed by atoms with E-state index in [0.29, 0.717) is 0 Å². The summed E-state index contributed by atoms with van der Waals surface area (Å²) in [7, 11) is 2.14.